The average molecular weight is 407 g/mol. The van der Waals surface area contributed by atoms with E-state index in [1.807, 2.05) is 0 Å². The molecule has 4 rings (SSSR count). The largest absolute Gasteiger partial charge is 0.390 e. The van der Waals surface area contributed by atoms with Gasteiger partial charge in [0.15, 0.2) is 0 Å². The molecule has 0 saturated heterocycles. The third-order valence-corrected chi connectivity index (χ3v) is 9.20. The van der Waals surface area contributed by atoms with E-state index in [1.165, 1.54) is 6.92 Å². The van der Waals surface area contributed by atoms with Crippen molar-refractivity contribution in [2.75, 3.05) is 0 Å². The number of esters is 1. The molecule has 4 saturated carbocycles. The van der Waals surface area contributed by atoms with Crippen LogP contribution in [0.2, 0.25) is 0 Å². The topological polar surface area (TPSA) is 107 Å². The summed E-state index contributed by atoms with van der Waals surface area (Å²) < 4.78 is 4.90. The number of rotatable bonds is 0. The molecule has 29 heavy (non-hydrogen) atoms. The highest BCUT2D eigenvalue weighted by Gasteiger charge is 2.65. The second-order valence-corrected chi connectivity index (χ2v) is 10.5. The van der Waals surface area contributed by atoms with Crippen LogP contribution in [0.3, 0.4) is 0 Å². The van der Waals surface area contributed by atoms with E-state index < -0.39 is 30.4 Å². The Kier molecular flexibility index (Phi) is 5.26. The van der Waals surface area contributed by atoms with Crippen LogP contribution in [-0.2, 0) is 9.53 Å². The summed E-state index contributed by atoms with van der Waals surface area (Å²) in [5.74, 6) is 3.09. The lowest BCUT2D eigenvalue weighted by Crippen LogP contribution is -2.60. The van der Waals surface area contributed by atoms with Gasteiger partial charge in [0.25, 0.3) is 0 Å². The number of ether oxygens (including phenoxy) is 1. The summed E-state index contributed by atoms with van der Waals surface area (Å²) in [6, 6.07) is 0. The van der Waals surface area contributed by atoms with Crippen molar-refractivity contribution < 1.29 is 30.0 Å². The standard InChI is InChI=1S/C23H34O6/c1-12(24)29-9-6-13-10-16-20(27)17(25)5-8-22(16,2)14-4-7-23(3)15(19(13)14)11-18(26)21(23)28/h13-21,25-28H,4-5,7-8,10-11H2,1-3H3/t13?,14-,15+,16?,17?,18?,19-,20?,21?,22-,23+/m1/s1. The fourth-order valence-corrected chi connectivity index (χ4v) is 7.62. The predicted octanol–water partition coefficient (Wildman–Crippen LogP) is 1.44. The normalized spacial score (nSPS) is 53.7. The quantitative estimate of drug-likeness (QED) is 0.358. The summed E-state index contributed by atoms with van der Waals surface area (Å²) >= 11 is 0. The van der Waals surface area contributed by atoms with Crippen molar-refractivity contribution in [1.82, 2.24) is 0 Å². The van der Waals surface area contributed by atoms with Gasteiger partial charge in [-0.15, -0.1) is 0 Å². The fraction of sp³-hybridized carbons (Fsp3) is 0.870. The van der Waals surface area contributed by atoms with Gasteiger partial charge >= 0.3 is 5.97 Å². The summed E-state index contributed by atoms with van der Waals surface area (Å²) in [7, 11) is 0. The van der Waals surface area contributed by atoms with Crippen LogP contribution >= 0.6 is 0 Å². The van der Waals surface area contributed by atoms with E-state index in [9.17, 15) is 25.2 Å². The zero-order chi connectivity index (χ0) is 21.1. The third kappa shape index (κ3) is 3.13. The molecule has 0 spiro atoms. The molecule has 4 aliphatic carbocycles. The number of carbonyl (C=O) groups is 1. The van der Waals surface area contributed by atoms with Crippen molar-refractivity contribution in [3.8, 4) is 12.0 Å². The second-order valence-electron chi connectivity index (χ2n) is 10.5. The summed E-state index contributed by atoms with van der Waals surface area (Å²) in [5.41, 5.74) is -0.458. The van der Waals surface area contributed by atoms with Gasteiger partial charge in [-0.25, -0.2) is 0 Å². The molecule has 0 radical (unpaired) electrons. The molecule has 0 bridgehead atoms. The zero-order valence-corrected chi connectivity index (χ0v) is 17.5. The minimum absolute atomic E-state index is 0.0651. The molecule has 162 valence electrons. The Morgan fingerprint density at radius 2 is 1.62 bits per heavy atom. The van der Waals surface area contributed by atoms with Gasteiger partial charge in [-0.1, -0.05) is 19.8 Å². The molecule has 4 aliphatic rings. The van der Waals surface area contributed by atoms with Crippen LogP contribution in [0, 0.1) is 52.4 Å². The highest BCUT2D eigenvalue weighted by molar-refractivity contribution is 5.67. The molecule has 0 aromatic rings. The molecule has 0 heterocycles. The van der Waals surface area contributed by atoms with E-state index in [0.29, 0.717) is 19.3 Å². The Morgan fingerprint density at radius 1 is 0.931 bits per heavy atom. The SMILES string of the molecule is CC(=O)OC#CC1CC2C(O)C(O)CC[C@]2(C)[C@@H]2CC[C@]3(C)C(O)C(O)C[C@H]3[C@H]12. The molecule has 4 N–H and O–H groups in total. The molecule has 11 atom stereocenters. The minimum atomic E-state index is -0.777. The lowest BCUT2D eigenvalue weighted by Gasteiger charge is -2.62. The maximum absolute atomic E-state index is 11.2. The predicted molar refractivity (Wildman–Crippen MR) is 105 cm³/mol. The van der Waals surface area contributed by atoms with Gasteiger partial charge in [0, 0.05) is 12.8 Å². The van der Waals surface area contributed by atoms with Crippen LogP contribution < -0.4 is 0 Å². The first-order valence-corrected chi connectivity index (χ1v) is 11.0. The maximum atomic E-state index is 11.2. The van der Waals surface area contributed by atoms with Gasteiger partial charge in [-0.2, -0.15) is 0 Å². The molecule has 0 amide bonds. The van der Waals surface area contributed by atoms with E-state index in [0.717, 1.165) is 19.3 Å². The monoisotopic (exact) mass is 406 g/mol. The number of aliphatic hydroxyl groups is 4. The second kappa shape index (κ2) is 7.23. The van der Waals surface area contributed by atoms with E-state index in [-0.39, 0.29) is 40.4 Å². The molecule has 0 aromatic heterocycles. The molecular formula is C23H34O6. The summed E-state index contributed by atoms with van der Waals surface area (Å²) in [6.45, 7) is 5.64. The van der Waals surface area contributed by atoms with Crippen molar-refractivity contribution in [2.24, 2.45) is 40.4 Å². The van der Waals surface area contributed by atoms with Gasteiger partial charge in [-0.05, 0) is 73.0 Å². The maximum Gasteiger partial charge on any atom is 0.316 e. The van der Waals surface area contributed by atoms with Crippen molar-refractivity contribution in [3.63, 3.8) is 0 Å². The molecule has 6 heteroatoms. The van der Waals surface area contributed by atoms with Gasteiger partial charge in [0.1, 0.15) is 6.11 Å². The van der Waals surface area contributed by atoms with Gasteiger partial charge in [0.05, 0.1) is 24.4 Å². The van der Waals surface area contributed by atoms with Crippen molar-refractivity contribution in [1.29, 1.82) is 0 Å². The Hall–Kier alpha value is -1.13. The van der Waals surface area contributed by atoms with Gasteiger partial charge in [0.2, 0.25) is 0 Å². The van der Waals surface area contributed by atoms with Crippen LogP contribution in [0.5, 0.6) is 0 Å². The van der Waals surface area contributed by atoms with Crippen molar-refractivity contribution in [2.45, 2.75) is 83.7 Å². The van der Waals surface area contributed by atoms with E-state index in [1.54, 1.807) is 0 Å². The lowest BCUT2D eigenvalue weighted by atomic mass is 9.42. The smallest absolute Gasteiger partial charge is 0.316 e. The number of aliphatic hydroxyl groups excluding tert-OH is 4. The minimum Gasteiger partial charge on any atom is -0.390 e. The Bertz CT molecular complexity index is 727. The third-order valence-electron chi connectivity index (χ3n) is 9.20. The number of carbonyl (C=O) groups excluding carboxylic acids is 1. The van der Waals surface area contributed by atoms with Crippen LogP contribution in [-0.4, -0.2) is 50.8 Å². The van der Waals surface area contributed by atoms with Crippen molar-refractivity contribution >= 4 is 5.97 Å². The van der Waals surface area contributed by atoms with E-state index in [4.69, 9.17) is 4.74 Å². The summed E-state index contributed by atoms with van der Waals surface area (Å²) in [4.78, 5) is 11.2. The van der Waals surface area contributed by atoms with Crippen LogP contribution in [0.1, 0.15) is 59.3 Å². The molecule has 4 fully saturated rings. The zero-order valence-electron chi connectivity index (χ0n) is 17.5. The van der Waals surface area contributed by atoms with Gasteiger partial charge in [-0.3, -0.25) is 4.79 Å². The van der Waals surface area contributed by atoms with Crippen LogP contribution in [0.15, 0.2) is 0 Å². The summed E-state index contributed by atoms with van der Waals surface area (Å²) in [6.07, 6.45) is 3.99. The van der Waals surface area contributed by atoms with Crippen molar-refractivity contribution in [3.05, 3.63) is 0 Å². The summed E-state index contributed by atoms with van der Waals surface area (Å²) in [5, 5.41) is 42.3. The molecule has 6 unspecified atom stereocenters. The highest BCUT2D eigenvalue weighted by atomic mass is 16.5. The molecule has 6 nitrogen and oxygen atoms in total. The first-order valence-electron chi connectivity index (χ1n) is 11.0. The highest BCUT2D eigenvalue weighted by Crippen LogP contribution is 2.67. The van der Waals surface area contributed by atoms with Crippen LogP contribution in [0.25, 0.3) is 0 Å². The molecule has 0 aliphatic heterocycles. The lowest BCUT2D eigenvalue weighted by molar-refractivity contribution is -0.187. The molecule has 0 aromatic carbocycles. The molecular weight excluding hydrogens is 372 g/mol. The Balaban J connectivity index is 1.74. The number of hydrogen-bond donors (Lipinski definition) is 4. The van der Waals surface area contributed by atoms with Gasteiger partial charge < -0.3 is 25.2 Å². The van der Waals surface area contributed by atoms with Crippen LogP contribution in [0.4, 0.5) is 0 Å². The van der Waals surface area contributed by atoms with E-state index >= 15 is 0 Å². The number of hydrogen-bond acceptors (Lipinski definition) is 6. The first-order chi connectivity index (χ1) is 13.6. The number of fused-ring (bicyclic) bond motifs is 5. The average Bonchev–Trinajstić information content (AvgIpc) is 2.89. The Labute approximate surface area is 172 Å². The van der Waals surface area contributed by atoms with E-state index in [2.05, 4.69) is 25.9 Å². The Morgan fingerprint density at radius 3 is 2.31 bits per heavy atom. The fourth-order valence-electron chi connectivity index (χ4n) is 7.62. The first kappa shape index (κ1) is 21.1.